The number of aryl methyl sites for hydroxylation is 1. The van der Waals surface area contributed by atoms with Crippen LogP contribution < -0.4 is 10.6 Å². The Labute approximate surface area is 129 Å². The molecule has 0 radical (unpaired) electrons. The lowest BCUT2D eigenvalue weighted by Gasteiger charge is -2.07. The van der Waals surface area contributed by atoms with Gasteiger partial charge in [-0.1, -0.05) is 27.2 Å². The average molecular weight is 346 g/mol. The Morgan fingerprint density at radius 1 is 1.10 bits per heavy atom. The van der Waals surface area contributed by atoms with Crippen molar-refractivity contribution < 1.29 is 4.52 Å². The van der Waals surface area contributed by atoms with Gasteiger partial charge in [-0.3, -0.25) is 0 Å². The summed E-state index contributed by atoms with van der Waals surface area (Å²) >= 11 is 3.42. The number of rotatable bonds is 4. The van der Waals surface area contributed by atoms with Gasteiger partial charge in [0.25, 0.3) is 0 Å². The monoisotopic (exact) mass is 345 g/mol. The van der Waals surface area contributed by atoms with Crippen molar-refractivity contribution in [3.8, 4) is 0 Å². The van der Waals surface area contributed by atoms with E-state index in [1.807, 2.05) is 31.2 Å². The van der Waals surface area contributed by atoms with Crippen molar-refractivity contribution in [2.45, 2.75) is 6.92 Å². The summed E-state index contributed by atoms with van der Waals surface area (Å²) in [4.78, 5) is 8.56. The molecular formula is C14H12BrN5O. The molecule has 21 heavy (non-hydrogen) atoms. The van der Waals surface area contributed by atoms with Gasteiger partial charge in [-0.15, -0.1) is 0 Å². The molecule has 0 aliphatic rings. The largest absolute Gasteiger partial charge is 0.360 e. The van der Waals surface area contributed by atoms with E-state index >= 15 is 0 Å². The number of halogens is 1. The molecule has 0 saturated carbocycles. The maximum atomic E-state index is 5.00. The van der Waals surface area contributed by atoms with E-state index in [1.165, 1.54) is 0 Å². The van der Waals surface area contributed by atoms with Gasteiger partial charge < -0.3 is 15.2 Å². The normalized spacial score (nSPS) is 10.4. The highest BCUT2D eigenvalue weighted by atomic mass is 79.9. The summed E-state index contributed by atoms with van der Waals surface area (Å²) in [5, 5.41) is 10.1. The number of nitrogens with zero attached hydrogens (tertiary/aromatic N) is 3. The second-order valence-electron chi connectivity index (χ2n) is 4.35. The molecule has 0 amide bonds. The fraction of sp³-hybridized carbons (Fsp3) is 0.0714. The minimum absolute atomic E-state index is 0.498. The highest BCUT2D eigenvalue weighted by Crippen LogP contribution is 2.20. The van der Waals surface area contributed by atoms with Gasteiger partial charge in [0.15, 0.2) is 5.82 Å². The quantitative estimate of drug-likeness (QED) is 0.743. The Bertz CT molecular complexity index is 758. The molecule has 0 fully saturated rings. The Balaban J connectivity index is 1.76. The number of nitrogens with one attached hydrogen (secondary N) is 2. The van der Waals surface area contributed by atoms with E-state index in [0.29, 0.717) is 17.6 Å². The molecule has 0 unspecified atom stereocenters. The van der Waals surface area contributed by atoms with E-state index in [9.17, 15) is 0 Å². The molecule has 0 bridgehead atoms. The van der Waals surface area contributed by atoms with Gasteiger partial charge in [0.2, 0.25) is 5.95 Å². The Kier molecular flexibility index (Phi) is 3.83. The highest BCUT2D eigenvalue weighted by molar-refractivity contribution is 9.10. The van der Waals surface area contributed by atoms with Gasteiger partial charge >= 0.3 is 0 Å². The Morgan fingerprint density at radius 3 is 2.76 bits per heavy atom. The molecule has 6 nitrogen and oxygen atoms in total. The second kappa shape index (κ2) is 5.92. The zero-order valence-corrected chi connectivity index (χ0v) is 12.8. The van der Waals surface area contributed by atoms with Crippen LogP contribution in [0.3, 0.4) is 0 Å². The molecule has 3 rings (SSSR count). The van der Waals surface area contributed by atoms with Crippen molar-refractivity contribution in [2.75, 3.05) is 10.6 Å². The summed E-state index contributed by atoms with van der Waals surface area (Å²) in [5.41, 5.74) is 0.902. The molecule has 3 aromatic rings. The molecule has 0 spiro atoms. The number of hydrogen-bond acceptors (Lipinski definition) is 6. The van der Waals surface area contributed by atoms with Crippen LogP contribution in [-0.2, 0) is 0 Å². The summed E-state index contributed by atoms with van der Waals surface area (Å²) in [6.07, 6.45) is 1.67. The van der Waals surface area contributed by atoms with Gasteiger partial charge in [0.05, 0.1) is 0 Å². The van der Waals surface area contributed by atoms with Gasteiger partial charge in [0.1, 0.15) is 11.6 Å². The van der Waals surface area contributed by atoms with Crippen LogP contribution in [0.25, 0.3) is 0 Å². The van der Waals surface area contributed by atoms with Crippen LogP contribution in [0.15, 0.2) is 51.6 Å². The van der Waals surface area contributed by atoms with Crippen LogP contribution in [0.4, 0.5) is 23.3 Å². The minimum atomic E-state index is 0.498. The van der Waals surface area contributed by atoms with Crippen LogP contribution in [0, 0.1) is 6.92 Å². The third kappa shape index (κ3) is 3.57. The molecule has 7 heteroatoms. The van der Waals surface area contributed by atoms with Crippen molar-refractivity contribution in [1.29, 1.82) is 0 Å². The molecule has 1 aromatic carbocycles. The van der Waals surface area contributed by atoms with Crippen molar-refractivity contribution in [2.24, 2.45) is 0 Å². The van der Waals surface area contributed by atoms with Crippen molar-refractivity contribution >= 4 is 39.2 Å². The Morgan fingerprint density at radius 2 is 2.00 bits per heavy atom. The van der Waals surface area contributed by atoms with Crippen LogP contribution in [0.5, 0.6) is 0 Å². The van der Waals surface area contributed by atoms with Crippen molar-refractivity contribution in [3.05, 3.63) is 52.8 Å². The lowest BCUT2D eigenvalue weighted by molar-refractivity contribution is 0.400. The molecule has 106 valence electrons. The SMILES string of the molecule is Cc1cc(Nc2ccnc(Nc3cccc(Br)c3)n2)no1. The average Bonchev–Trinajstić information content (AvgIpc) is 2.84. The predicted molar refractivity (Wildman–Crippen MR) is 84.0 cm³/mol. The maximum absolute atomic E-state index is 5.00. The molecule has 0 atom stereocenters. The van der Waals surface area contributed by atoms with Gasteiger partial charge in [-0.25, -0.2) is 4.98 Å². The summed E-state index contributed by atoms with van der Waals surface area (Å²) < 4.78 is 5.99. The zero-order chi connectivity index (χ0) is 14.7. The fourth-order valence-electron chi connectivity index (χ4n) is 1.74. The summed E-state index contributed by atoms with van der Waals surface area (Å²) in [5.74, 6) is 2.48. The molecule has 2 N–H and O–H groups in total. The van der Waals surface area contributed by atoms with Crippen LogP contribution in [0.1, 0.15) is 5.76 Å². The van der Waals surface area contributed by atoms with E-state index in [-0.39, 0.29) is 0 Å². The van der Waals surface area contributed by atoms with Gasteiger partial charge in [-0.2, -0.15) is 4.98 Å². The third-order valence-corrected chi connectivity index (χ3v) is 3.11. The summed E-state index contributed by atoms with van der Waals surface area (Å²) in [6.45, 7) is 1.83. The smallest absolute Gasteiger partial charge is 0.229 e. The second-order valence-corrected chi connectivity index (χ2v) is 5.26. The van der Waals surface area contributed by atoms with E-state index in [2.05, 4.69) is 41.7 Å². The lowest BCUT2D eigenvalue weighted by atomic mass is 10.3. The topological polar surface area (TPSA) is 75.9 Å². The van der Waals surface area contributed by atoms with Crippen molar-refractivity contribution in [3.63, 3.8) is 0 Å². The molecule has 2 aromatic heterocycles. The molecular weight excluding hydrogens is 334 g/mol. The van der Waals surface area contributed by atoms with Gasteiger partial charge in [0, 0.05) is 22.4 Å². The fourth-order valence-corrected chi connectivity index (χ4v) is 2.14. The maximum Gasteiger partial charge on any atom is 0.229 e. The first-order valence-electron chi connectivity index (χ1n) is 6.25. The number of aromatic nitrogens is 3. The predicted octanol–water partition coefficient (Wildman–Crippen LogP) is 4.02. The Hall–Kier alpha value is -2.41. The number of benzene rings is 1. The molecule has 0 saturated heterocycles. The van der Waals surface area contributed by atoms with Crippen molar-refractivity contribution in [1.82, 2.24) is 15.1 Å². The minimum Gasteiger partial charge on any atom is -0.360 e. The highest BCUT2D eigenvalue weighted by Gasteiger charge is 2.04. The summed E-state index contributed by atoms with van der Waals surface area (Å²) in [7, 11) is 0. The molecule has 2 heterocycles. The van der Waals surface area contributed by atoms with Crippen LogP contribution >= 0.6 is 15.9 Å². The number of anilines is 4. The molecule has 0 aliphatic heterocycles. The zero-order valence-electron chi connectivity index (χ0n) is 11.2. The van der Waals surface area contributed by atoms with Gasteiger partial charge in [-0.05, 0) is 31.2 Å². The van der Waals surface area contributed by atoms with E-state index in [1.54, 1.807) is 18.3 Å². The van der Waals surface area contributed by atoms with E-state index < -0.39 is 0 Å². The number of hydrogen-bond donors (Lipinski definition) is 2. The van der Waals surface area contributed by atoms with E-state index in [4.69, 9.17) is 4.52 Å². The lowest BCUT2D eigenvalue weighted by Crippen LogP contribution is -2.00. The standard InChI is InChI=1S/C14H12BrN5O/c1-9-7-13(20-21-9)18-12-5-6-16-14(19-12)17-11-4-2-3-10(15)8-11/h2-8H,1H3,(H2,16,17,18,19,20). The summed E-state index contributed by atoms with van der Waals surface area (Å²) in [6, 6.07) is 11.3. The first-order chi connectivity index (χ1) is 10.2. The third-order valence-electron chi connectivity index (χ3n) is 2.62. The van der Waals surface area contributed by atoms with Crippen LogP contribution in [-0.4, -0.2) is 15.1 Å². The first kappa shape index (κ1) is 13.6. The molecule has 0 aliphatic carbocycles. The van der Waals surface area contributed by atoms with E-state index in [0.717, 1.165) is 15.9 Å². The van der Waals surface area contributed by atoms with Crippen LogP contribution in [0.2, 0.25) is 0 Å². The first-order valence-corrected chi connectivity index (χ1v) is 7.04.